The van der Waals surface area contributed by atoms with Gasteiger partial charge in [0.25, 0.3) is 0 Å². The number of ether oxygens (including phenoxy) is 2. The first kappa shape index (κ1) is 17.2. The monoisotopic (exact) mass is 332 g/mol. The minimum atomic E-state index is -1.78. The summed E-state index contributed by atoms with van der Waals surface area (Å²) in [6.45, 7) is -0.695. The second kappa shape index (κ2) is 6.56. The predicted octanol–water partition coefficient (Wildman–Crippen LogP) is -2.24. The molecule has 1 heterocycles. The Morgan fingerprint density at radius 1 is 1.04 bits per heavy atom. The molecule has 5 atom stereocenters. The number of aliphatic hydroxyl groups is 4. The van der Waals surface area contributed by atoms with Gasteiger partial charge in [0.1, 0.15) is 24.4 Å². The van der Waals surface area contributed by atoms with E-state index in [1.165, 1.54) is 0 Å². The van der Waals surface area contributed by atoms with Crippen LogP contribution in [0.2, 0.25) is 0 Å². The van der Waals surface area contributed by atoms with Crippen LogP contribution in [-0.4, -0.2) is 79.0 Å². The maximum atomic E-state index is 11.9. The number of phenols is 3. The van der Waals surface area contributed by atoms with Crippen molar-refractivity contribution in [1.82, 2.24) is 0 Å². The van der Waals surface area contributed by atoms with Gasteiger partial charge in [0.2, 0.25) is 6.29 Å². The lowest BCUT2D eigenvalue weighted by Crippen LogP contribution is -2.59. The van der Waals surface area contributed by atoms with Crippen molar-refractivity contribution >= 4 is 5.97 Å². The molecule has 0 saturated carbocycles. The van der Waals surface area contributed by atoms with Crippen LogP contribution in [0.15, 0.2) is 12.1 Å². The van der Waals surface area contributed by atoms with Crippen molar-refractivity contribution in [3.8, 4) is 17.2 Å². The molecule has 0 unspecified atom stereocenters. The van der Waals surface area contributed by atoms with Gasteiger partial charge in [-0.1, -0.05) is 0 Å². The molecule has 1 fully saturated rings. The average molecular weight is 332 g/mol. The molecule has 1 aromatic carbocycles. The minimum absolute atomic E-state index is 0.366. The van der Waals surface area contributed by atoms with Crippen LogP contribution in [0.25, 0.3) is 0 Å². The Labute approximate surface area is 129 Å². The molecule has 1 aliphatic rings. The Hall–Kier alpha value is -2.11. The van der Waals surface area contributed by atoms with Crippen LogP contribution in [0.4, 0.5) is 0 Å². The quantitative estimate of drug-likeness (QED) is 0.236. The van der Waals surface area contributed by atoms with Crippen molar-refractivity contribution in [2.75, 3.05) is 6.61 Å². The first-order chi connectivity index (χ1) is 10.8. The van der Waals surface area contributed by atoms with Crippen LogP contribution in [-0.2, 0) is 9.47 Å². The lowest BCUT2D eigenvalue weighted by Gasteiger charge is -2.39. The Morgan fingerprint density at radius 2 is 1.61 bits per heavy atom. The fourth-order valence-corrected chi connectivity index (χ4v) is 2.06. The Morgan fingerprint density at radius 3 is 2.13 bits per heavy atom. The van der Waals surface area contributed by atoms with Crippen LogP contribution in [0, 0.1) is 0 Å². The second-order valence-electron chi connectivity index (χ2n) is 4.97. The molecule has 23 heavy (non-hydrogen) atoms. The van der Waals surface area contributed by atoms with E-state index < -0.39 is 60.5 Å². The third kappa shape index (κ3) is 3.30. The molecule has 0 bridgehead atoms. The van der Waals surface area contributed by atoms with Crippen LogP contribution in [0.3, 0.4) is 0 Å². The fourth-order valence-electron chi connectivity index (χ4n) is 2.06. The van der Waals surface area contributed by atoms with E-state index in [0.29, 0.717) is 0 Å². The Bertz CT molecular complexity index is 563. The smallest absolute Gasteiger partial charge is 0.340 e. The molecule has 0 aliphatic carbocycles. The van der Waals surface area contributed by atoms with Crippen LogP contribution >= 0.6 is 0 Å². The number of hydrogen-bond acceptors (Lipinski definition) is 10. The highest BCUT2D eigenvalue weighted by Crippen LogP contribution is 2.35. The van der Waals surface area contributed by atoms with E-state index in [-0.39, 0.29) is 5.56 Å². The van der Waals surface area contributed by atoms with E-state index in [0.717, 1.165) is 12.1 Å². The molecule has 1 aliphatic heterocycles. The van der Waals surface area contributed by atoms with E-state index in [4.69, 9.17) is 14.6 Å². The number of aromatic hydroxyl groups is 3. The normalized spacial score (nSPS) is 30.9. The van der Waals surface area contributed by atoms with Gasteiger partial charge < -0.3 is 45.2 Å². The van der Waals surface area contributed by atoms with Crippen molar-refractivity contribution in [3.63, 3.8) is 0 Å². The number of phenolic OH excluding ortho intramolecular Hbond substituents is 3. The minimum Gasteiger partial charge on any atom is -0.504 e. The van der Waals surface area contributed by atoms with Crippen LogP contribution in [0.5, 0.6) is 17.2 Å². The van der Waals surface area contributed by atoms with E-state index in [9.17, 15) is 35.4 Å². The standard InChI is InChI=1S/C13H16O10/c14-3-7-9(18)10(19)11(20)13(22-7)23-12(21)4-1-5(15)8(17)6(16)2-4/h1-2,7,9-11,13-20H,3H2/t7-,9-,10-,11+,13+/m1/s1. The molecular formula is C13H16O10. The number of aliphatic hydroxyl groups excluding tert-OH is 4. The summed E-state index contributed by atoms with van der Waals surface area (Å²) in [5.74, 6) is -3.52. The van der Waals surface area contributed by atoms with Gasteiger partial charge >= 0.3 is 5.97 Å². The van der Waals surface area contributed by atoms with Gasteiger partial charge in [-0.25, -0.2) is 4.79 Å². The van der Waals surface area contributed by atoms with Crippen molar-refractivity contribution < 1.29 is 50.0 Å². The zero-order valence-corrected chi connectivity index (χ0v) is 11.6. The van der Waals surface area contributed by atoms with Gasteiger partial charge in [-0.3, -0.25) is 0 Å². The number of benzene rings is 1. The molecule has 10 heteroatoms. The lowest BCUT2D eigenvalue weighted by molar-refractivity contribution is -0.285. The third-order valence-corrected chi connectivity index (χ3v) is 3.38. The molecule has 0 radical (unpaired) electrons. The molecule has 1 aromatic rings. The summed E-state index contributed by atoms with van der Waals surface area (Å²) < 4.78 is 9.77. The average Bonchev–Trinajstić information content (AvgIpc) is 2.52. The summed E-state index contributed by atoms with van der Waals surface area (Å²) in [7, 11) is 0. The molecular weight excluding hydrogens is 316 g/mol. The lowest BCUT2D eigenvalue weighted by atomic mass is 9.99. The Kier molecular flexibility index (Phi) is 4.92. The molecule has 1 saturated heterocycles. The molecule has 0 aromatic heterocycles. The summed E-state index contributed by atoms with van der Waals surface area (Å²) in [4.78, 5) is 11.9. The van der Waals surface area contributed by atoms with Crippen molar-refractivity contribution in [2.45, 2.75) is 30.7 Å². The zero-order valence-electron chi connectivity index (χ0n) is 11.6. The number of esters is 1. The number of rotatable bonds is 3. The van der Waals surface area contributed by atoms with Crippen molar-refractivity contribution in [3.05, 3.63) is 17.7 Å². The van der Waals surface area contributed by atoms with E-state index in [1.54, 1.807) is 0 Å². The largest absolute Gasteiger partial charge is 0.504 e. The summed E-state index contributed by atoms with van der Waals surface area (Å²) in [6, 6.07) is 1.61. The third-order valence-electron chi connectivity index (χ3n) is 3.38. The van der Waals surface area contributed by atoms with E-state index in [2.05, 4.69) is 0 Å². The van der Waals surface area contributed by atoms with E-state index >= 15 is 0 Å². The number of carbonyl (C=O) groups excluding carboxylic acids is 1. The topological polar surface area (TPSA) is 177 Å². The molecule has 0 spiro atoms. The Balaban J connectivity index is 2.16. The number of carbonyl (C=O) groups is 1. The highest BCUT2D eigenvalue weighted by atomic mass is 16.7. The predicted molar refractivity (Wildman–Crippen MR) is 70.6 cm³/mol. The first-order valence-corrected chi connectivity index (χ1v) is 6.52. The van der Waals surface area contributed by atoms with E-state index in [1.807, 2.05) is 0 Å². The van der Waals surface area contributed by atoms with Gasteiger partial charge in [0, 0.05) is 0 Å². The highest BCUT2D eigenvalue weighted by molar-refractivity contribution is 5.91. The zero-order chi connectivity index (χ0) is 17.3. The van der Waals surface area contributed by atoms with Crippen molar-refractivity contribution in [2.24, 2.45) is 0 Å². The summed E-state index contributed by atoms with van der Waals surface area (Å²) >= 11 is 0. The maximum absolute atomic E-state index is 11.9. The van der Waals surface area contributed by atoms with Gasteiger partial charge in [-0.05, 0) is 12.1 Å². The van der Waals surface area contributed by atoms with Crippen LogP contribution in [0.1, 0.15) is 10.4 Å². The number of hydrogen-bond donors (Lipinski definition) is 7. The van der Waals surface area contributed by atoms with Gasteiger partial charge in [-0.2, -0.15) is 0 Å². The van der Waals surface area contributed by atoms with Crippen LogP contribution < -0.4 is 0 Å². The molecule has 2 rings (SSSR count). The first-order valence-electron chi connectivity index (χ1n) is 6.52. The van der Waals surface area contributed by atoms with Crippen molar-refractivity contribution in [1.29, 1.82) is 0 Å². The molecule has 128 valence electrons. The fraction of sp³-hybridized carbons (Fsp3) is 0.462. The maximum Gasteiger partial charge on any atom is 0.340 e. The molecule has 7 N–H and O–H groups in total. The molecule has 10 nitrogen and oxygen atoms in total. The van der Waals surface area contributed by atoms with Gasteiger partial charge in [0.15, 0.2) is 17.2 Å². The summed E-state index contributed by atoms with van der Waals surface area (Å²) in [6.07, 6.45) is -8.06. The SMILES string of the molecule is O=C(O[C@@H]1O[C@H](CO)[C@@H](O)[C@@H](O)[C@@H]1O)c1cc(O)c(O)c(O)c1. The van der Waals surface area contributed by atoms with Gasteiger partial charge in [-0.15, -0.1) is 0 Å². The highest BCUT2D eigenvalue weighted by Gasteiger charge is 2.45. The summed E-state index contributed by atoms with van der Waals surface area (Å²) in [5, 5.41) is 65.8. The summed E-state index contributed by atoms with van der Waals surface area (Å²) in [5.41, 5.74) is -0.366. The second-order valence-corrected chi connectivity index (χ2v) is 4.97. The van der Waals surface area contributed by atoms with Gasteiger partial charge in [0.05, 0.1) is 12.2 Å². The molecule has 0 amide bonds.